The van der Waals surface area contributed by atoms with E-state index in [1.54, 1.807) is 12.3 Å². The fourth-order valence-electron chi connectivity index (χ4n) is 3.00. The van der Waals surface area contributed by atoms with Gasteiger partial charge in [-0.05, 0) is 36.6 Å². The first-order valence-electron chi connectivity index (χ1n) is 7.47. The van der Waals surface area contributed by atoms with Crippen LogP contribution < -0.4 is 5.32 Å². The first kappa shape index (κ1) is 14.7. The van der Waals surface area contributed by atoms with E-state index < -0.39 is 5.97 Å². The molecule has 1 aliphatic heterocycles. The van der Waals surface area contributed by atoms with Crippen molar-refractivity contribution in [3.63, 3.8) is 0 Å². The molecular formula is C16H20N4O2. The number of carboxylic acids is 1. The van der Waals surface area contributed by atoms with Gasteiger partial charge in [-0.25, -0.2) is 4.79 Å². The Hall–Kier alpha value is -2.21. The molecule has 2 N–H and O–H groups in total. The van der Waals surface area contributed by atoms with Crippen LogP contribution in [0.1, 0.15) is 40.1 Å². The monoisotopic (exact) mass is 300 g/mol. The number of aryl methyl sites for hydroxylation is 1. The highest BCUT2D eigenvalue weighted by atomic mass is 16.4. The lowest BCUT2D eigenvalue weighted by Gasteiger charge is -2.14. The van der Waals surface area contributed by atoms with Gasteiger partial charge in [0.05, 0.1) is 17.3 Å². The Bertz CT molecular complexity index is 695. The molecule has 0 aromatic carbocycles. The molecule has 116 valence electrons. The molecule has 0 aliphatic carbocycles. The second-order valence-electron chi connectivity index (χ2n) is 5.94. The molecule has 2 aromatic heterocycles. The van der Waals surface area contributed by atoms with Gasteiger partial charge in [0.25, 0.3) is 0 Å². The van der Waals surface area contributed by atoms with E-state index in [2.05, 4.69) is 22.3 Å². The third-order valence-electron chi connectivity index (χ3n) is 4.35. The summed E-state index contributed by atoms with van der Waals surface area (Å²) in [4.78, 5) is 15.3. The Labute approximate surface area is 129 Å². The lowest BCUT2D eigenvalue weighted by Crippen LogP contribution is -2.16. The zero-order valence-corrected chi connectivity index (χ0v) is 12.8. The molecule has 6 heteroatoms. The van der Waals surface area contributed by atoms with Gasteiger partial charge in [-0.3, -0.25) is 9.67 Å². The van der Waals surface area contributed by atoms with E-state index in [-0.39, 0.29) is 0 Å². The van der Waals surface area contributed by atoms with Crippen LogP contribution >= 0.6 is 0 Å². The summed E-state index contributed by atoms with van der Waals surface area (Å²) in [5.41, 5.74) is 3.02. The Morgan fingerprint density at radius 1 is 1.45 bits per heavy atom. The number of pyridine rings is 1. The molecule has 1 unspecified atom stereocenters. The normalized spacial score (nSPS) is 21.2. The van der Waals surface area contributed by atoms with Gasteiger partial charge in [0.2, 0.25) is 0 Å². The Morgan fingerprint density at radius 2 is 2.27 bits per heavy atom. The standard InChI is InChI=1S/C16H20N4O2/c1-10-6-18-8-15(10)20-9-13(11(2)19-20)5-12-7-17-4-3-14(12)16(21)22/h3-4,7,9-10,15,18H,5-6,8H2,1-2H3,(H,21,22)/t10-,15?/m1/s1. The number of aromatic nitrogens is 3. The Kier molecular flexibility index (Phi) is 3.94. The molecule has 0 saturated carbocycles. The third kappa shape index (κ3) is 2.74. The summed E-state index contributed by atoms with van der Waals surface area (Å²) in [6.45, 7) is 6.11. The zero-order chi connectivity index (χ0) is 15.7. The van der Waals surface area contributed by atoms with Crippen LogP contribution in [0.4, 0.5) is 0 Å². The molecule has 2 aromatic rings. The van der Waals surface area contributed by atoms with Crippen LogP contribution in [0, 0.1) is 12.8 Å². The van der Waals surface area contributed by atoms with Crippen molar-refractivity contribution < 1.29 is 9.90 Å². The van der Waals surface area contributed by atoms with Crippen molar-refractivity contribution in [3.8, 4) is 0 Å². The van der Waals surface area contributed by atoms with Crippen LogP contribution in [0.15, 0.2) is 24.7 Å². The van der Waals surface area contributed by atoms with Crippen molar-refractivity contribution in [2.75, 3.05) is 13.1 Å². The van der Waals surface area contributed by atoms with Crippen molar-refractivity contribution >= 4 is 5.97 Å². The highest BCUT2D eigenvalue weighted by molar-refractivity contribution is 5.89. The van der Waals surface area contributed by atoms with E-state index in [1.807, 2.05) is 17.8 Å². The number of aromatic carboxylic acids is 1. The Balaban J connectivity index is 1.87. The fraction of sp³-hybridized carbons (Fsp3) is 0.438. The number of rotatable bonds is 4. The summed E-state index contributed by atoms with van der Waals surface area (Å²) >= 11 is 0. The first-order valence-corrected chi connectivity index (χ1v) is 7.47. The number of nitrogens with zero attached hydrogens (tertiary/aromatic N) is 3. The second-order valence-corrected chi connectivity index (χ2v) is 5.94. The van der Waals surface area contributed by atoms with E-state index >= 15 is 0 Å². The molecule has 2 atom stereocenters. The summed E-state index contributed by atoms with van der Waals surface area (Å²) in [7, 11) is 0. The summed E-state index contributed by atoms with van der Waals surface area (Å²) in [5, 5.41) is 17.3. The Morgan fingerprint density at radius 3 is 2.95 bits per heavy atom. The third-order valence-corrected chi connectivity index (χ3v) is 4.35. The molecule has 0 spiro atoms. The molecule has 0 radical (unpaired) electrons. The molecule has 22 heavy (non-hydrogen) atoms. The number of hydrogen-bond acceptors (Lipinski definition) is 4. The average Bonchev–Trinajstić information content (AvgIpc) is 3.06. The molecule has 1 saturated heterocycles. The molecule has 0 amide bonds. The molecule has 3 rings (SSSR count). The molecule has 1 aliphatic rings. The van der Waals surface area contributed by atoms with E-state index in [0.717, 1.165) is 29.9 Å². The topological polar surface area (TPSA) is 80.0 Å². The largest absolute Gasteiger partial charge is 0.478 e. The lowest BCUT2D eigenvalue weighted by atomic mass is 10.0. The maximum absolute atomic E-state index is 11.3. The van der Waals surface area contributed by atoms with Crippen molar-refractivity contribution in [1.29, 1.82) is 0 Å². The minimum atomic E-state index is -0.920. The minimum Gasteiger partial charge on any atom is -0.478 e. The second kappa shape index (κ2) is 5.88. The van der Waals surface area contributed by atoms with Crippen LogP contribution in [0.5, 0.6) is 0 Å². The predicted molar refractivity (Wildman–Crippen MR) is 82.0 cm³/mol. The van der Waals surface area contributed by atoms with E-state index in [9.17, 15) is 9.90 Å². The highest BCUT2D eigenvalue weighted by Gasteiger charge is 2.26. The van der Waals surface area contributed by atoms with Crippen LogP contribution in [-0.4, -0.2) is 38.9 Å². The fourth-order valence-corrected chi connectivity index (χ4v) is 3.00. The summed E-state index contributed by atoms with van der Waals surface area (Å²) < 4.78 is 2.02. The van der Waals surface area contributed by atoms with E-state index in [4.69, 9.17) is 0 Å². The van der Waals surface area contributed by atoms with Gasteiger partial charge in [-0.1, -0.05) is 6.92 Å². The van der Waals surface area contributed by atoms with Gasteiger partial charge >= 0.3 is 5.97 Å². The van der Waals surface area contributed by atoms with Gasteiger partial charge < -0.3 is 10.4 Å². The quantitative estimate of drug-likeness (QED) is 0.897. The number of nitrogens with one attached hydrogen (secondary N) is 1. The van der Waals surface area contributed by atoms with Crippen LogP contribution in [0.2, 0.25) is 0 Å². The van der Waals surface area contributed by atoms with E-state index in [1.165, 1.54) is 6.20 Å². The average molecular weight is 300 g/mol. The summed E-state index contributed by atoms with van der Waals surface area (Å²) in [6, 6.07) is 1.90. The molecule has 0 bridgehead atoms. The van der Waals surface area contributed by atoms with Crippen LogP contribution in [0.25, 0.3) is 0 Å². The van der Waals surface area contributed by atoms with Gasteiger partial charge in [-0.15, -0.1) is 0 Å². The van der Waals surface area contributed by atoms with Gasteiger partial charge in [0.15, 0.2) is 0 Å². The minimum absolute atomic E-state index is 0.304. The maximum atomic E-state index is 11.3. The van der Waals surface area contributed by atoms with Crippen LogP contribution in [0.3, 0.4) is 0 Å². The smallest absolute Gasteiger partial charge is 0.336 e. The number of hydrogen-bond donors (Lipinski definition) is 2. The molecule has 3 heterocycles. The molecular weight excluding hydrogens is 280 g/mol. The lowest BCUT2D eigenvalue weighted by molar-refractivity contribution is 0.0695. The highest BCUT2D eigenvalue weighted by Crippen LogP contribution is 2.24. The summed E-state index contributed by atoms with van der Waals surface area (Å²) in [5.74, 6) is -0.379. The number of carbonyl (C=O) groups is 1. The van der Waals surface area contributed by atoms with Crippen molar-refractivity contribution in [3.05, 3.63) is 47.0 Å². The van der Waals surface area contributed by atoms with Crippen molar-refractivity contribution in [2.24, 2.45) is 5.92 Å². The van der Waals surface area contributed by atoms with Gasteiger partial charge in [-0.2, -0.15) is 5.10 Å². The maximum Gasteiger partial charge on any atom is 0.336 e. The van der Waals surface area contributed by atoms with Gasteiger partial charge in [0, 0.05) is 31.6 Å². The van der Waals surface area contributed by atoms with Gasteiger partial charge in [0.1, 0.15) is 0 Å². The predicted octanol–water partition coefficient (Wildman–Crippen LogP) is 1.66. The molecule has 1 fully saturated rings. The summed E-state index contributed by atoms with van der Waals surface area (Å²) in [6.07, 6.45) is 5.72. The van der Waals surface area contributed by atoms with Crippen molar-refractivity contribution in [1.82, 2.24) is 20.1 Å². The molecule has 6 nitrogen and oxygen atoms in total. The SMILES string of the molecule is Cc1nn(C2CNC[C@H]2C)cc1Cc1cnccc1C(=O)O. The van der Waals surface area contributed by atoms with Crippen LogP contribution in [-0.2, 0) is 6.42 Å². The first-order chi connectivity index (χ1) is 10.6. The van der Waals surface area contributed by atoms with E-state index in [0.29, 0.717) is 23.9 Å². The number of carboxylic acid groups (broad SMARTS) is 1. The zero-order valence-electron chi connectivity index (χ0n) is 12.8. The van der Waals surface area contributed by atoms with Crippen molar-refractivity contribution in [2.45, 2.75) is 26.3 Å².